The van der Waals surface area contributed by atoms with Gasteiger partial charge in [0.25, 0.3) is 0 Å². The highest BCUT2D eigenvalue weighted by atomic mass is 16.5. The molecule has 1 aliphatic rings. The lowest BCUT2D eigenvalue weighted by Gasteiger charge is -2.26. The van der Waals surface area contributed by atoms with Crippen LogP contribution in [-0.2, 0) is 4.74 Å². The molecule has 1 aliphatic heterocycles. The molecular formula is C21H25N3O2. The number of anilines is 1. The van der Waals surface area contributed by atoms with Crippen LogP contribution in [0.25, 0.3) is 0 Å². The molecule has 0 bridgehead atoms. The van der Waals surface area contributed by atoms with Gasteiger partial charge in [-0.05, 0) is 48.7 Å². The van der Waals surface area contributed by atoms with Gasteiger partial charge >= 0.3 is 0 Å². The first-order chi connectivity index (χ1) is 12.8. The number of hydrogen-bond donors (Lipinski definition) is 1. The van der Waals surface area contributed by atoms with Gasteiger partial charge in [-0.1, -0.05) is 5.92 Å². The monoisotopic (exact) mass is 351 g/mol. The highest BCUT2D eigenvalue weighted by Crippen LogP contribution is 2.12. The zero-order valence-electron chi connectivity index (χ0n) is 15.2. The standard InChI is InChI=1S/C21H25N3O2/c1-22-20-8-7-19(23-17-20)6-3-18-4-9-21(10-5-18)26-14-2-11-24-12-15-25-16-13-24/h4-5,7-10,17,22H,2,11-16H2,1H3. The predicted octanol–water partition coefficient (Wildman–Crippen LogP) is 2.62. The SMILES string of the molecule is CNc1ccc(C#Cc2ccc(OCCCN3CCOCC3)cc2)nc1. The van der Waals surface area contributed by atoms with Crippen LogP contribution in [-0.4, -0.2) is 56.4 Å². The third-order valence-corrected chi connectivity index (χ3v) is 4.23. The van der Waals surface area contributed by atoms with Gasteiger partial charge in [0.2, 0.25) is 0 Å². The minimum atomic E-state index is 0.726. The molecule has 0 spiro atoms. The molecule has 0 radical (unpaired) electrons. The lowest BCUT2D eigenvalue weighted by atomic mass is 10.2. The second-order valence-electron chi connectivity index (χ2n) is 6.11. The summed E-state index contributed by atoms with van der Waals surface area (Å²) in [6, 6.07) is 11.8. The zero-order valence-corrected chi connectivity index (χ0v) is 15.2. The number of morpholine rings is 1. The van der Waals surface area contributed by atoms with Crippen molar-refractivity contribution in [2.75, 3.05) is 51.8 Å². The molecule has 26 heavy (non-hydrogen) atoms. The summed E-state index contributed by atoms with van der Waals surface area (Å²) in [5, 5.41) is 3.04. The molecule has 0 unspecified atom stereocenters. The largest absolute Gasteiger partial charge is 0.494 e. The van der Waals surface area contributed by atoms with Crippen LogP contribution in [0.2, 0.25) is 0 Å². The quantitative estimate of drug-likeness (QED) is 0.640. The first kappa shape index (κ1) is 18.2. The topological polar surface area (TPSA) is 46.6 Å². The van der Waals surface area contributed by atoms with Crippen LogP contribution in [0, 0.1) is 11.8 Å². The molecule has 0 saturated carbocycles. The normalized spacial score (nSPS) is 14.3. The van der Waals surface area contributed by atoms with Crippen LogP contribution in [0.3, 0.4) is 0 Å². The van der Waals surface area contributed by atoms with E-state index in [4.69, 9.17) is 9.47 Å². The van der Waals surface area contributed by atoms with Gasteiger partial charge in [-0.15, -0.1) is 0 Å². The van der Waals surface area contributed by atoms with Gasteiger partial charge in [0.15, 0.2) is 0 Å². The molecule has 0 aliphatic carbocycles. The maximum atomic E-state index is 5.81. The fourth-order valence-electron chi connectivity index (χ4n) is 2.69. The molecule has 0 amide bonds. The molecule has 1 saturated heterocycles. The first-order valence-corrected chi connectivity index (χ1v) is 9.02. The van der Waals surface area contributed by atoms with Gasteiger partial charge in [-0.3, -0.25) is 4.90 Å². The Hall–Kier alpha value is -2.55. The van der Waals surface area contributed by atoms with Crippen molar-refractivity contribution in [3.8, 4) is 17.6 Å². The van der Waals surface area contributed by atoms with Crippen LogP contribution in [0.4, 0.5) is 5.69 Å². The van der Waals surface area contributed by atoms with Gasteiger partial charge in [-0.2, -0.15) is 0 Å². The van der Waals surface area contributed by atoms with E-state index in [2.05, 4.69) is 27.0 Å². The van der Waals surface area contributed by atoms with Crippen LogP contribution in [0.5, 0.6) is 5.75 Å². The molecule has 1 N–H and O–H groups in total. The average Bonchev–Trinajstić information content (AvgIpc) is 2.72. The third kappa shape index (κ3) is 5.76. The Balaban J connectivity index is 1.43. The number of nitrogens with zero attached hydrogens (tertiary/aromatic N) is 2. The maximum Gasteiger partial charge on any atom is 0.119 e. The molecule has 1 aromatic heterocycles. The van der Waals surface area contributed by atoms with Gasteiger partial charge in [0.05, 0.1) is 31.7 Å². The van der Waals surface area contributed by atoms with Gasteiger partial charge in [0, 0.05) is 32.2 Å². The van der Waals surface area contributed by atoms with Crippen molar-refractivity contribution < 1.29 is 9.47 Å². The van der Waals surface area contributed by atoms with Crippen molar-refractivity contribution in [2.24, 2.45) is 0 Å². The Morgan fingerprint density at radius 3 is 2.62 bits per heavy atom. The van der Waals surface area contributed by atoms with Crippen molar-refractivity contribution in [1.29, 1.82) is 0 Å². The van der Waals surface area contributed by atoms with E-state index in [1.807, 2.05) is 43.4 Å². The van der Waals surface area contributed by atoms with E-state index in [-0.39, 0.29) is 0 Å². The molecule has 0 atom stereocenters. The predicted molar refractivity (Wildman–Crippen MR) is 104 cm³/mol. The average molecular weight is 351 g/mol. The molecule has 5 heteroatoms. The van der Waals surface area contributed by atoms with Crippen molar-refractivity contribution in [1.82, 2.24) is 9.88 Å². The molecule has 5 nitrogen and oxygen atoms in total. The van der Waals surface area contributed by atoms with Crippen LogP contribution in [0.15, 0.2) is 42.6 Å². The Bertz CT molecular complexity index is 727. The van der Waals surface area contributed by atoms with E-state index in [1.54, 1.807) is 6.20 Å². The summed E-state index contributed by atoms with van der Waals surface area (Å²) in [7, 11) is 1.87. The third-order valence-electron chi connectivity index (χ3n) is 4.23. The second-order valence-corrected chi connectivity index (χ2v) is 6.11. The number of hydrogen-bond acceptors (Lipinski definition) is 5. The summed E-state index contributed by atoms with van der Waals surface area (Å²) < 4.78 is 11.2. The lowest BCUT2D eigenvalue weighted by molar-refractivity contribution is 0.0358. The van der Waals surface area contributed by atoms with E-state index in [0.717, 1.165) is 68.6 Å². The van der Waals surface area contributed by atoms with E-state index in [1.165, 1.54) is 0 Å². The van der Waals surface area contributed by atoms with E-state index in [0.29, 0.717) is 0 Å². The number of rotatable bonds is 6. The molecular weight excluding hydrogens is 326 g/mol. The molecule has 3 rings (SSSR count). The Morgan fingerprint density at radius 1 is 1.12 bits per heavy atom. The lowest BCUT2D eigenvalue weighted by Crippen LogP contribution is -2.37. The summed E-state index contributed by atoms with van der Waals surface area (Å²) in [6.45, 7) is 5.53. The number of pyridine rings is 1. The second kappa shape index (κ2) is 9.81. The Kier molecular flexibility index (Phi) is 6.88. The number of ether oxygens (including phenoxy) is 2. The first-order valence-electron chi connectivity index (χ1n) is 9.02. The van der Waals surface area contributed by atoms with Crippen LogP contribution >= 0.6 is 0 Å². The summed E-state index contributed by atoms with van der Waals surface area (Å²) in [6.07, 6.45) is 2.80. The minimum Gasteiger partial charge on any atom is -0.494 e. The highest BCUT2D eigenvalue weighted by molar-refractivity contribution is 5.46. The Labute approximate surface area is 155 Å². The molecule has 136 valence electrons. The van der Waals surface area contributed by atoms with Crippen LogP contribution in [0.1, 0.15) is 17.7 Å². The number of benzene rings is 1. The summed E-state index contributed by atoms with van der Waals surface area (Å²) >= 11 is 0. The van der Waals surface area contributed by atoms with Gasteiger partial charge in [0.1, 0.15) is 11.4 Å². The van der Waals surface area contributed by atoms with Gasteiger partial charge < -0.3 is 14.8 Å². The minimum absolute atomic E-state index is 0.726. The van der Waals surface area contributed by atoms with Crippen molar-refractivity contribution >= 4 is 5.69 Å². The molecule has 2 heterocycles. The van der Waals surface area contributed by atoms with E-state index in [9.17, 15) is 0 Å². The molecule has 2 aromatic rings. The van der Waals surface area contributed by atoms with Crippen molar-refractivity contribution in [3.63, 3.8) is 0 Å². The summed E-state index contributed by atoms with van der Waals surface area (Å²) in [5.41, 5.74) is 2.68. The van der Waals surface area contributed by atoms with Crippen molar-refractivity contribution in [2.45, 2.75) is 6.42 Å². The summed E-state index contributed by atoms with van der Waals surface area (Å²) in [5.74, 6) is 7.09. The smallest absolute Gasteiger partial charge is 0.119 e. The molecule has 1 fully saturated rings. The number of nitrogens with one attached hydrogen (secondary N) is 1. The van der Waals surface area contributed by atoms with E-state index >= 15 is 0 Å². The van der Waals surface area contributed by atoms with Crippen LogP contribution < -0.4 is 10.1 Å². The maximum absolute atomic E-state index is 5.81. The fraction of sp³-hybridized carbons (Fsp3) is 0.381. The number of aromatic nitrogens is 1. The van der Waals surface area contributed by atoms with Gasteiger partial charge in [-0.25, -0.2) is 4.98 Å². The molecule has 1 aromatic carbocycles. The highest BCUT2D eigenvalue weighted by Gasteiger charge is 2.09. The zero-order chi connectivity index (χ0) is 18.0. The Morgan fingerprint density at radius 2 is 1.92 bits per heavy atom. The fourth-order valence-corrected chi connectivity index (χ4v) is 2.69. The summed E-state index contributed by atoms with van der Waals surface area (Å²) in [4.78, 5) is 6.72. The van der Waals surface area contributed by atoms with E-state index < -0.39 is 0 Å². The van der Waals surface area contributed by atoms with Crippen molar-refractivity contribution in [3.05, 3.63) is 53.9 Å².